The number of benzene rings is 2. The molecule has 0 aliphatic carbocycles. The first-order valence-corrected chi connectivity index (χ1v) is 9.47. The second kappa shape index (κ2) is 9.15. The monoisotopic (exact) mass is 420 g/mol. The molecule has 8 heteroatoms. The van der Waals surface area contributed by atoms with Gasteiger partial charge in [0.05, 0.1) is 5.69 Å². The van der Waals surface area contributed by atoms with Gasteiger partial charge in [0.2, 0.25) is 0 Å². The Hall–Kier alpha value is -3.78. The smallest absolute Gasteiger partial charge is 0.269 e. The van der Waals surface area contributed by atoms with Gasteiger partial charge in [-0.3, -0.25) is 4.79 Å². The molecule has 2 heterocycles. The third-order valence-corrected chi connectivity index (χ3v) is 4.73. The molecule has 0 aliphatic heterocycles. The van der Waals surface area contributed by atoms with Crippen LogP contribution in [-0.4, -0.2) is 45.2 Å². The summed E-state index contributed by atoms with van der Waals surface area (Å²) in [6.07, 6.45) is 0. The van der Waals surface area contributed by atoms with E-state index in [1.807, 2.05) is 24.3 Å². The van der Waals surface area contributed by atoms with Crippen LogP contribution >= 0.6 is 12.2 Å². The van der Waals surface area contributed by atoms with Gasteiger partial charge in [0.15, 0.2) is 0 Å². The number of phenols is 2. The number of nitrogens with zero attached hydrogens (tertiary/aromatic N) is 2. The molecule has 2 aromatic carbocycles. The van der Waals surface area contributed by atoms with Gasteiger partial charge in [-0.25, -0.2) is 9.97 Å². The number of aromatic nitrogens is 2. The lowest BCUT2D eigenvalue weighted by Gasteiger charge is -2.04. The normalized spacial score (nSPS) is 10.2. The number of thiocarbonyl (C=S) groups is 1. The van der Waals surface area contributed by atoms with Gasteiger partial charge in [-0.1, -0.05) is 48.6 Å². The number of carbonyl (C=O) groups is 1. The van der Waals surface area contributed by atoms with E-state index in [2.05, 4.69) is 20.6 Å². The Labute approximate surface area is 178 Å². The number of para-hydroxylation sites is 2. The molecule has 0 unspecified atom stereocenters. The number of fused-ring (bicyclic) bond motifs is 2. The van der Waals surface area contributed by atoms with Gasteiger partial charge in [0.1, 0.15) is 33.2 Å². The molecule has 0 atom stereocenters. The lowest BCUT2D eigenvalue weighted by molar-refractivity contribution is 0.0958. The molecule has 152 valence electrons. The summed E-state index contributed by atoms with van der Waals surface area (Å²) >= 11 is 5.07. The van der Waals surface area contributed by atoms with Crippen molar-refractivity contribution in [1.82, 2.24) is 20.6 Å². The number of carbonyl (C=O) groups excluding carboxylic acids is 1. The van der Waals surface area contributed by atoms with E-state index in [-0.39, 0.29) is 17.4 Å². The second-order valence-corrected chi connectivity index (χ2v) is 6.66. The third-order valence-electron chi connectivity index (χ3n) is 4.32. The average molecular weight is 420 g/mol. The maximum absolute atomic E-state index is 11.3. The van der Waals surface area contributed by atoms with Gasteiger partial charge in [-0.05, 0) is 24.3 Å². The third kappa shape index (κ3) is 4.44. The van der Waals surface area contributed by atoms with Crippen LogP contribution in [-0.2, 0) is 0 Å². The molecule has 0 fully saturated rings. The Morgan fingerprint density at radius 1 is 0.767 bits per heavy atom. The second-order valence-electron chi connectivity index (χ2n) is 6.25. The minimum atomic E-state index is -0.264. The molecule has 0 saturated heterocycles. The summed E-state index contributed by atoms with van der Waals surface area (Å²) in [5, 5.41) is 26.2. The number of phenolic OH excluding ortho intramolecular Hbond substituents is 2. The van der Waals surface area contributed by atoms with Crippen LogP contribution < -0.4 is 10.6 Å². The lowest BCUT2D eigenvalue weighted by atomic mass is 10.2. The van der Waals surface area contributed by atoms with Crippen molar-refractivity contribution in [2.24, 2.45) is 0 Å². The summed E-state index contributed by atoms with van der Waals surface area (Å²) in [5.41, 5.74) is 1.99. The number of rotatable bonds is 2. The Kier molecular flexibility index (Phi) is 6.38. The Morgan fingerprint density at radius 2 is 1.27 bits per heavy atom. The maximum atomic E-state index is 11.3. The highest BCUT2D eigenvalue weighted by atomic mass is 32.1. The van der Waals surface area contributed by atoms with Gasteiger partial charge in [0.25, 0.3) is 5.91 Å². The standard InChI is InChI=1S/C11H10N2O2.C11H10N2OS/c2*1-12-11(15)8-6-5-7-3-2-4-9(14)10(7)13-8/h2*2-6,14H,1H3,(H,12,15). The van der Waals surface area contributed by atoms with Gasteiger partial charge in [-0.2, -0.15) is 0 Å². The number of hydrogen-bond acceptors (Lipinski definition) is 6. The van der Waals surface area contributed by atoms with E-state index in [9.17, 15) is 15.0 Å². The van der Waals surface area contributed by atoms with Crippen molar-refractivity contribution in [2.45, 2.75) is 0 Å². The Bertz CT molecular complexity index is 1150. The predicted octanol–water partition coefficient (Wildman–Crippen LogP) is 3.14. The summed E-state index contributed by atoms with van der Waals surface area (Å²) in [4.78, 5) is 20.3. The zero-order chi connectivity index (χ0) is 21.7. The van der Waals surface area contributed by atoms with Crippen molar-refractivity contribution in [3.05, 3.63) is 72.1 Å². The van der Waals surface area contributed by atoms with Gasteiger partial charge < -0.3 is 20.8 Å². The van der Waals surface area contributed by atoms with Crippen molar-refractivity contribution in [1.29, 1.82) is 0 Å². The highest BCUT2D eigenvalue weighted by Gasteiger charge is 2.07. The molecule has 4 N–H and O–H groups in total. The van der Waals surface area contributed by atoms with Crippen LogP contribution in [0.4, 0.5) is 0 Å². The topological polar surface area (TPSA) is 107 Å². The number of hydrogen-bond donors (Lipinski definition) is 4. The van der Waals surface area contributed by atoms with E-state index >= 15 is 0 Å². The quantitative estimate of drug-likeness (QED) is 0.369. The number of amides is 1. The zero-order valence-corrected chi connectivity index (χ0v) is 17.2. The van der Waals surface area contributed by atoms with Crippen LogP contribution in [0.1, 0.15) is 16.2 Å². The fraction of sp³-hybridized carbons (Fsp3) is 0.0909. The van der Waals surface area contributed by atoms with Crippen LogP contribution in [0, 0.1) is 0 Å². The van der Waals surface area contributed by atoms with Crippen LogP contribution in [0.5, 0.6) is 11.5 Å². The predicted molar refractivity (Wildman–Crippen MR) is 121 cm³/mol. The summed E-state index contributed by atoms with van der Waals surface area (Å²) in [6, 6.07) is 17.5. The molecule has 2 aromatic heterocycles. The van der Waals surface area contributed by atoms with Crippen LogP contribution in [0.2, 0.25) is 0 Å². The van der Waals surface area contributed by atoms with Gasteiger partial charge in [0, 0.05) is 24.9 Å². The van der Waals surface area contributed by atoms with E-state index in [4.69, 9.17) is 12.2 Å². The summed E-state index contributed by atoms with van der Waals surface area (Å²) in [5.74, 6) is -0.00772. The van der Waals surface area contributed by atoms with Crippen molar-refractivity contribution in [3.63, 3.8) is 0 Å². The Balaban J connectivity index is 0.000000171. The molecule has 0 radical (unpaired) electrons. The van der Waals surface area contributed by atoms with Gasteiger partial charge in [-0.15, -0.1) is 0 Å². The highest BCUT2D eigenvalue weighted by molar-refractivity contribution is 7.80. The van der Waals surface area contributed by atoms with Crippen LogP contribution in [0.3, 0.4) is 0 Å². The number of nitrogens with one attached hydrogen (secondary N) is 2. The molecule has 4 rings (SSSR count). The molecule has 7 nitrogen and oxygen atoms in total. The van der Waals surface area contributed by atoms with E-state index in [1.165, 1.54) is 0 Å². The minimum absolute atomic E-state index is 0.0817. The van der Waals surface area contributed by atoms with Crippen LogP contribution in [0.25, 0.3) is 21.8 Å². The molecule has 4 aromatic rings. The molecule has 0 spiro atoms. The lowest BCUT2D eigenvalue weighted by Crippen LogP contribution is -2.18. The van der Waals surface area contributed by atoms with Crippen molar-refractivity contribution >= 4 is 44.9 Å². The Morgan fingerprint density at radius 3 is 1.77 bits per heavy atom. The molecule has 30 heavy (non-hydrogen) atoms. The first kappa shape index (κ1) is 20.9. The first-order valence-electron chi connectivity index (χ1n) is 9.06. The van der Waals surface area contributed by atoms with Crippen LogP contribution in [0.15, 0.2) is 60.7 Å². The number of pyridine rings is 2. The maximum Gasteiger partial charge on any atom is 0.269 e. The van der Waals surface area contributed by atoms with E-state index in [0.29, 0.717) is 27.4 Å². The molecule has 1 amide bonds. The molecular weight excluding hydrogens is 400 g/mol. The number of aromatic hydroxyl groups is 2. The van der Waals surface area contributed by atoms with Crippen molar-refractivity contribution in [3.8, 4) is 11.5 Å². The summed E-state index contributed by atoms with van der Waals surface area (Å²) in [6.45, 7) is 0. The average Bonchev–Trinajstić information content (AvgIpc) is 2.78. The highest BCUT2D eigenvalue weighted by Crippen LogP contribution is 2.23. The zero-order valence-electron chi connectivity index (χ0n) is 16.4. The fourth-order valence-electron chi connectivity index (χ4n) is 2.77. The van der Waals surface area contributed by atoms with E-state index in [1.54, 1.807) is 50.5 Å². The fourth-order valence-corrected chi connectivity index (χ4v) is 2.89. The molecule has 0 aliphatic rings. The van der Waals surface area contributed by atoms with Crippen molar-refractivity contribution in [2.75, 3.05) is 14.1 Å². The SMILES string of the molecule is CNC(=O)c1ccc2cccc(O)c2n1.CNC(=S)c1ccc2cccc(O)c2n1. The van der Waals surface area contributed by atoms with Gasteiger partial charge >= 0.3 is 0 Å². The first-order chi connectivity index (χ1) is 14.4. The summed E-state index contributed by atoms with van der Waals surface area (Å²) in [7, 11) is 3.29. The van der Waals surface area contributed by atoms with Crippen molar-refractivity contribution < 1.29 is 15.0 Å². The molecular formula is C22H20N4O3S. The minimum Gasteiger partial charge on any atom is -0.506 e. The molecule has 0 saturated carbocycles. The van der Waals surface area contributed by atoms with E-state index < -0.39 is 0 Å². The summed E-state index contributed by atoms with van der Waals surface area (Å²) < 4.78 is 0. The van der Waals surface area contributed by atoms with E-state index in [0.717, 1.165) is 10.8 Å². The largest absolute Gasteiger partial charge is 0.506 e. The molecule has 0 bridgehead atoms.